The van der Waals surface area contributed by atoms with Crippen molar-refractivity contribution in [3.05, 3.63) is 154 Å². The SMILES string of the molecule is COc1ccc(C(=O)Nc2ccn(CC(=O)N(CCNC(c3ccccc3)(c3ccccc3)c3ccc(OC)cc3)CC(=O)O)c(=O)n2)cc1. The van der Waals surface area contributed by atoms with Crippen molar-refractivity contribution >= 4 is 23.6 Å². The third-order valence-corrected chi connectivity index (χ3v) is 8.16. The molecule has 0 atom stereocenters. The number of anilines is 1. The van der Waals surface area contributed by atoms with Gasteiger partial charge in [-0.1, -0.05) is 72.8 Å². The first-order valence-electron chi connectivity index (χ1n) is 15.8. The van der Waals surface area contributed by atoms with Gasteiger partial charge >= 0.3 is 11.7 Å². The smallest absolute Gasteiger partial charge is 0.349 e. The highest BCUT2D eigenvalue weighted by Gasteiger charge is 2.36. The molecule has 0 aliphatic carbocycles. The first-order valence-corrected chi connectivity index (χ1v) is 15.8. The zero-order valence-corrected chi connectivity index (χ0v) is 27.6. The number of rotatable bonds is 15. The Balaban J connectivity index is 1.35. The lowest BCUT2D eigenvalue weighted by atomic mass is 9.77. The fourth-order valence-corrected chi connectivity index (χ4v) is 5.65. The lowest BCUT2D eigenvalue weighted by Crippen LogP contribution is -2.49. The molecule has 50 heavy (non-hydrogen) atoms. The molecule has 2 amide bonds. The molecule has 1 aromatic heterocycles. The molecule has 4 aromatic carbocycles. The number of benzene rings is 4. The van der Waals surface area contributed by atoms with Gasteiger partial charge in [0.15, 0.2) is 0 Å². The largest absolute Gasteiger partial charge is 0.497 e. The average molecular weight is 676 g/mol. The third-order valence-electron chi connectivity index (χ3n) is 8.16. The number of carbonyl (C=O) groups is 3. The van der Waals surface area contributed by atoms with Gasteiger partial charge in [-0.2, -0.15) is 4.98 Å². The molecule has 12 nitrogen and oxygen atoms in total. The minimum atomic E-state index is -1.20. The summed E-state index contributed by atoms with van der Waals surface area (Å²) >= 11 is 0. The summed E-state index contributed by atoms with van der Waals surface area (Å²) in [5.74, 6) is -0.994. The topological polar surface area (TPSA) is 152 Å². The Morgan fingerprint density at radius 3 is 1.84 bits per heavy atom. The van der Waals surface area contributed by atoms with E-state index in [0.29, 0.717) is 17.1 Å². The summed E-state index contributed by atoms with van der Waals surface area (Å²) in [6.45, 7) is -0.823. The van der Waals surface area contributed by atoms with Crippen molar-refractivity contribution in [2.24, 2.45) is 0 Å². The molecule has 12 heteroatoms. The van der Waals surface area contributed by atoms with Crippen LogP contribution in [-0.4, -0.2) is 71.2 Å². The van der Waals surface area contributed by atoms with Crippen molar-refractivity contribution in [3.63, 3.8) is 0 Å². The maximum atomic E-state index is 13.5. The molecule has 0 saturated heterocycles. The minimum Gasteiger partial charge on any atom is -0.497 e. The minimum absolute atomic E-state index is 0.00260. The Bertz CT molecular complexity index is 1930. The van der Waals surface area contributed by atoms with Gasteiger partial charge in [-0.15, -0.1) is 0 Å². The van der Waals surface area contributed by atoms with Gasteiger partial charge in [0, 0.05) is 24.8 Å². The van der Waals surface area contributed by atoms with Crippen molar-refractivity contribution < 1.29 is 29.0 Å². The Hall–Kier alpha value is -6.27. The van der Waals surface area contributed by atoms with Gasteiger partial charge in [0.25, 0.3) is 5.91 Å². The molecule has 0 bridgehead atoms. The van der Waals surface area contributed by atoms with E-state index in [0.717, 1.165) is 21.3 Å². The molecule has 0 radical (unpaired) electrons. The molecule has 256 valence electrons. The van der Waals surface area contributed by atoms with Gasteiger partial charge in [-0.25, -0.2) is 4.79 Å². The van der Waals surface area contributed by atoms with E-state index in [2.05, 4.69) is 15.6 Å². The highest BCUT2D eigenvalue weighted by Crippen LogP contribution is 2.37. The van der Waals surface area contributed by atoms with Crippen LogP contribution in [0.1, 0.15) is 27.0 Å². The predicted octanol–water partition coefficient (Wildman–Crippen LogP) is 4.01. The van der Waals surface area contributed by atoms with Crippen LogP contribution in [0.25, 0.3) is 0 Å². The summed E-state index contributed by atoms with van der Waals surface area (Å²) < 4.78 is 11.6. The van der Waals surface area contributed by atoms with Crippen LogP contribution in [0.4, 0.5) is 5.82 Å². The van der Waals surface area contributed by atoms with E-state index >= 15 is 0 Å². The zero-order valence-electron chi connectivity index (χ0n) is 27.6. The average Bonchev–Trinajstić information content (AvgIpc) is 3.14. The predicted molar refractivity (Wildman–Crippen MR) is 187 cm³/mol. The fraction of sp³-hybridized carbons (Fsp3) is 0.184. The van der Waals surface area contributed by atoms with Gasteiger partial charge < -0.3 is 24.8 Å². The number of carboxylic acid groups (broad SMARTS) is 1. The normalized spacial score (nSPS) is 11.0. The first kappa shape index (κ1) is 35.0. The summed E-state index contributed by atoms with van der Waals surface area (Å²) in [6.07, 6.45) is 1.33. The number of nitrogens with one attached hydrogen (secondary N) is 2. The van der Waals surface area contributed by atoms with Crippen LogP contribution in [0.5, 0.6) is 11.5 Å². The standard InChI is InChI=1S/C38H37N5O7/c1-49-31-17-13-27(14-18-31)36(47)40-33-21-23-43(37(48)41-33)25-34(44)42(26-35(45)46)24-22-39-38(28-9-5-3-6-10-28,29-11-7-4-8-12-29)30-15-19-32(50-2)20-16-30/h3-21,23,39H,22,24-26H2,1-2H3,(H,45,46)(H,40,41,47,48). The lowest BCUT2D eigenvalue weighted by Gasteiger charge is -2.38. The molecule has 3 N–H and O–H groups in total. The van der Waals surface area contributed by atoms with Crippen LogP contribution in [0.2, 0.25) is 0 Å². The van der Waals surface area contributed by atoms with Gasteiger partial charge in [0.1, 0.15) is 30.4 Å². The second kappa shape index (κ2) is 16.2. The summed E-state index contributed by atoms with van der Waals surface area (Å²) in [5, 5.41) is 15.9. The van der Waals surface area contributed by atoms with Crippen LogP contribution in [-0.2, 0) is 21.7 Å². The molecule has 0 fully saturated rings. The second-order valence-corrected chi connectivity index (χ2v) is 11.3. The molecular formula is C38H37N5O7. The van der Waals surface area contributed by atoms with E-state index < -0.39 is 42.1 Å². The van der Waals surface area contributed by atoms with Gasteiger partial charge in [-0.3, -0.25) is 24.3 Å². The number of hydrogen-bond acceptors (Lipinski definition) is 8. The number of nitrogens with zero attached hydrogens (tertiary/aromatic N) is 3. The van der Waals surface area contributed by atoms with E-state index in [-0.39, 0.29) is 18.9 Å². The van der Waals surface area contributed by atoms with Crippen LogP contribution >= 0.6 is 0 Å². The Morgan fingerprint density at radius 1 is 0.780 bits per heavy atom. The van der Waals surface area contributed by atoms with Gasteiger partial charge in [0.2, 0.25) is 5.91 Å². The highest BCUT2D eigenvalue weighted by molar-refractivity contribution is 6.03. The van der Waals surface area contributed by atoms with Crippen LogP contribution in [0, 0.1) is 0 Å². The second-order valence-electron chi connectivity index (χ2n) is 11.3. The number of methoxy groups -OCH3 is 2. The lowest BCUT2D eigenvalue weighted by molar-refractivity contribution is -0.144. The number of carboxylic acids is 1. The Kier molecular flexibility index (Phi) is 11.4. The number of aliphatic carboxylic acids is 1. The molecule has 0 unspecified atom stereocenters. The number of ether oxygens (including phenoxy) is 2. The Labute approximate surface area is 288 Å². The van der Waals surface area contributed by atoms with Crippen molar-refractivity contribution in [1.29, 1.82) is 0 Å². The zero-order chi connectivity index (χ0) is 35.5. The Morgan fingerprint density at radius 2 is 1.32 bits per heavy atom. The maximum absolute atomic E-state index is 13.5. The summed E-state index contributed by atoms with van der Waals surface area (Å²) in [7, 11) is 3.12. The molecule has 5 rings (SSSR count). The number of carbonyl (C=O) groups excluding carboxylic acids is 2. The van der Waals surface area contributed by atoms with Gasteiger partial charge in [-0.05, 0) is 59.2 Å². The molecule has 0 aliphatic heterocycles. The molecular weight excluding hydrogens is 638 g/mol. The number of hydrogen-bond donors (Lipinski definition) is 3. The van der Waals surface area contributed by atoms with E-state index in [1.54, 1.807) is 31.4 Å². The maximum Gasteiger partial charge on any atom is 0.349 e. The van der Waals surface area contributed by atoms with Crippen molar-refractivity contribution in [2.75, 3.05) is 39.2 Å². The van der Waals surface area contributed by atoms with E-state index in [9.17, 15) is 24.3 Å². The van der Waals surface area contributed by atoms with E-state index in [1.807, 2.05) is 84.9 Å². The van der Waals surface area contributed by atoms with Crippen LogP contribution in [0.3, 0.4) is 0 Å². The quantitative estimate of drug-likeness (QED) is 0.140. The molecule has 0 saturated carbocycles. The van der Waals surface area contributed by atoms with Crippen LogP contribution < -0.4 is 25.8 Å². The molecule has 0 aliphatic rings. The number of aromatic nitrogens is 2. The highest BCUT2D eigenvalue weighted by atomic mass is 16.5. The van der Waals surface area contributed by atoms with E-state index in [4.69, 9.17) is 9.47 Å². The van der Waals surface area contributed by atoms with Crippen molar-refractivity contribution in [3.8, 4) is 11.5 Å². The summed E-state index contributed by atoms with van der Waals surface area (Å²) in [5.41, 5.74) is 1.45. The molecule has 1 heterocycles. The monoisotopic (exact) mass is 675 g/mol. The summed E-state index contributed by atoms with van der Waals surface area (Å²) in [6, 6.07) is 35.1. The van der Waals surface area contributed by atoms with Gasteiger partial charge in [0.05, 0.1) is 19.8 Å². The molecule has 0 spiro atoms. The summed E-state index contributed by atoms with van der Waals surface area (Å²) in [4.78, 5) is 55.9. The van der Waals surface area contributed by atoms with Crippen molar-refractivity contribution in [1.82, 2.24) is 19.8 Å². The third kappa shape index (κ3) is 8.23. The molecule has 5 aromatic rings. The first-order chi connectivity index (χ1) is 24.2. The van der Waals surface area contributed by atoms with Crippen LogP contribution in [0.15, 0.2) is 126 Å². The van der Waals surface area contributed by atoms with Crippen molar-refractivity contribution in [2.45, 2.75) is 12.1 Å². The number of amides is 2. The fourth-order valence-electron chi connectivity index (χ4n) is 5.65. The van der Waals surface area contributed by atoms with E-state index in [1.165, 1.54) is 24.3 Å².